The summed E-state index contributed by atoms with van der Waals surface area (Å²) < 4.78 is 24.0. The normalized spacial score (nSPS) is 16.9. The van der Waals surface area contributed by atoms with Gasteiger partial charge in [0.05, 0.1) is 0 Å². The number of rotatable bonds is 6. The minimum Gasteiger partial charge on any atom is -0.355 e. The van der Waals surface area contributed by atoms with Crippen LogP contribution in [0.4, 0.5) is 5.82 Å². The number of hydrogen-bond donors (Lipinski definition) is 0. The Morgan fingerprint density at radius 1 is 1.29 bits per heavy atom. The van der Waals surface area contributed by atoms with Gasteiger partial charge in [0.1, 0.15) is 10.7 Å². The van der Waals surface area contributed by atoms with E-state index in [1.54, 1.807) is 18.3 Å². The number of aromatic nitrogens is 1. The molecule has 0 radical (unpaired) electrons. The molecule has 1 heterocycles. The second-order valence-corrected chi connectivity index (χ2v) is 8.03. The van der Waals surface area contributed by atoms with Gasteiger partial charge in [0, 0.05) is 25.5 Å². The molecule has 1 fully saturated rings. The average molecular weight is 310 g/mol. The minimum absolute atomic E-state index is 0.356. The number of sulfone groups is 1. The molecule has 1 aliphatic carbocycles. The summed E-state index contributed by atoms with van der Waals surface area (Å²) >= 11 is 0. The van der Waals surface area contributed by atoms with Crippen LogP contribution in [0.5, 0.6) is 0 Å². The van der Waals surface area contributed by atoms with Crippen LogP contribution in [0.25, 0.3) is 0 Å². The smallest absolute Gasteiger partial charge is 0.179 e. The molecule has 0 N–H and O–H groups in total. The molecule has 4 nitrogen and oxygen atoms in total. The molecule has 0 aliphatic heterocycles. The third-order valence-corrected chi connectivity index (χ3v) is 5.26. The van der Waals surface area contributed by atoms with E-state index < -0.39 is 9.84 Å². The van der Waals surface area contributed by atoms with E-state index in [0.717, 1.165) is 19.5 Å². The second kappa shape index (κ2) is 7.25. The van der Waals surface area contributed by atoms with Crippen LogP contribution < -0.4 is 4.90 Å². The Hall–Kier alpha value is -1.10. The lowest BCUT2D eigenvalue weighted by Crippen LogP contribution is -2.33. The second-order valence-electron chi connectivity index (χ2n) is 6.05. The lowest BCUT2D eigenvalue weighted by molar-refractivity contribution is 0.357. The summed E-state index contributed by atoms with van der Waals surface area (Å²) in [5.41, 5.74) is 0. The van der Waals surface area contributed by atoms with Crippen LogP contribution in [0.1, 0.15) is 45.4 Å². The average Bonchev–Trinajstić information content (AvgIpc) is 2.47. The van der Waals surface area contributed by atoms with Crippen molar-refractivity contribution >= 4 is 15.7 Å². The van der Waals surface area contributed by atoms with Crippen molar-refractivity contribution in [2.45, 2.75) is 50.3 Å². The molecule has 21 heavy (non-hydrogen) atoms. The molecule has 0 atom stereocenters. The zero-order chi connectivity index (χ0) is 15.3. The first-order valence-corrected chi connectivity index (χ1v) is 9.81. The quantitative estimate of drug-likeness (QED) is 0.809. The molecule has 0 spiro atoms. The predicted molar refractivity (Wildman–Crippen MR) is 86.4 cm³/mol. The predicted octanol–water partition coefficient (Wildman–Crippen LogP) is 3.28. The molecule has 1 aliphatic rings. The number of nitrogens with zero attached hydrogens (tertiary/aromatic N) is 2. The van der Waals surface area contributed by atoms with E-state index in [4.69, 9.17) is 0 Å². The van der Waals surface area contributed by atoms with Crippen LogP contribution in [0.2, 0.25) is 0 Å². The molecule has 2 rings (SSSR count). The van der Waals surface area contributed by atoms with Gasteiger partial charge >= 0.3 is 0 Å². The van der Waals surface area contributed by atoms with Crippen molar-refractivity contribution in [2.75, 3.05) is 24.2 Å². The molecule has 0 bridgehead atoms. The lowest BCUT2D eigenvalue weighted by Gasteiger charge is -2.31. The summed E-state index contributed by atoms with van der Waals surface area (Å²) in [5, 5.41) is 0. The van der Waals surface area contributed by atoms with Gasteiger partial charge in [0.15, 0.2) is 9.84 Å². The zero-order valence-electron chi connectivity index (χ0n) is 13.1. The first-order valence-electron chi connectivity index (χ1n) is 7.92. The van der Waals surface area contributed by atoms with Gasteiger partial charge in [-0.15, -0.1) is 0 Å². The molecule has 5 heteroatoms. The molecule has 1 saturated carbocycles. The van der Waals surface area contributed by atoms with Gasteiger partial charge in [-0.25, -0.2) is 13.4 Å². The van der Waals surface area contributed by atoms with E-state index in [-0.39, 0.29) is 0 Å². The Morgan fingerprint density at radius 2 is 2.00 bits per heavy atom. The molecule has 1 aromatic heterocycles. The summed E-state index contributed by atoms with van der Waals surface area (Å²) in [6.07, 6.45) is 10.4. The van der Waals surface area contributed by atoms with Crippen LogP contribution in [-0.2, 0) is 9.84 Å². The van der Waals surface area contributed by atoms with Crippen molar-refractivity contribution in [3.63, 3.8) is 0 Å². The Kier molecular flexibility index (Phi) is 5.62. The fourth-order valence-corrected chi connectivity index (χ4v) is 3.98. The van der Waals surface area contributed by atoms with Gasteiger partial charge in [0.2, 0.25) is 0 Å². The van der Waals surface area contributed by atoms with Crippen molar-refractivity contribution in [2.24, 2.45) is 5.92 Å². The van der Waals surface area contributed by atoms with Gasteiger partial charge in [-0.1, -0.05) is 26.2 Å². The van der Waals surface area contributed by atoms with Crippen LogP contribution in [0.15, 0.2) is 23.2 Å². The highest BCUT2D eigenvalue weighted by Gasteiger charge is 2.22. The highest BCUT2D eigenvalue weighted by Crippen LogP contribution is 2.28. The van der Waals surface area contributed by atoms with E-state index >= 15 is 0 Å². The van der Waals surface area contributed by atoms with E-state index in [1.807, 2.05) is 0 Å². The monoisotopic (exact) mass is 310 g/mol. The van der Waals surface area contributed by atoms with Crippen molar-refractivity contribution in [3.8, 4) is 0 Å². The Balaban J connectivity index is 2.25. The molecule has 0 amide bonds. The van der Waals surface area contributed by atoms with Crippen molar-refractivity contribution in [1.82, 2.24) is 4.98 Å². The fourth-order valence-electron chi connectivity index (χ4n) is 3.14. The van der Waals surface area contributed by atoms with Gasteiger partial charge in [-0.05, 0) is 37.3 Å². The van der Waals surface area contributed by atoms with Crippen LogP contribution >= 0.6 is 0 Å². The Labute approximate surface area is 128 Å². The Bertz CT molecular complexity index is 551. The van der Waals surface area contributed by atoms with Crippen LogP contribution in [-0.4, -0.2) is 32.7 Å². The summed E-state index contributed by atoms with van der Waals surface area (Å²) in [5.74, 6) is 1.30. The van der Waals surface area contributed by atoms with E-state index in [9.17, 15) is 8.42 Å². The molecule has 118 valence electrons. The number of hydrogen-bond acceptors (Lipinski definition) is 4. The topological polar surface area (TPSA) is 50.3 Å². The van der Waals surface area contributed by atoms with Crippen molar-refractivity contribution < 1.29 is 8.42 Å². The maximum atomic E-state index is 12.0. The number of pyridine rings is 1. The van der Waals surface area contributed by atoms with Gasteiger partial charge in [0.25, 0.3) is 0 Å². The molecule has 0 unspecified atom stereocenters. The summed E-state index contributed by atoms with van der Waals surface area (Å²) in [7, 11) is -3.24. The van der Waals surface area contributed by atoms with E-state index in [0.29, 0.717) is 16.6 Å². The molecule has 1 aromatic rings. The lowest BCUT2D eigenvalue weighted by atomic mass is 9.89. The van der Waals surface area contributed by atoms with Gasteiger partial charge in [-0.2, -0.15) is 0 Å². The van der Waals surface area contributed by atoms with Gasteiger partial charge in [-0.3, -0.25) is 0 Å². The summed E-state index contributed by atoms with van der Waals surface area (Å²) in [6, 6.07) is 3.37. The SMILES string of the molecule is CCCN(CC1CCCCC1)c1ncccc1S(C)(=O)=O. The summed E-state index contributed by atoms with van der Waals surface area (Å²) in [6.45, 7) is 3.90. The van der Waals surface area contributed by atoms with Crippen LogP contribution in [0.3, 0.4) is 0 Å². The highest BCUT2D eigenvalue weighted by molar-refractivity contribution is 7.90. The molecule has 0 aromatic carbocycles. The van der Waals surface area contributed by atoms with Crippen molar-refractivity contribution in [1.29, 1.82) is 0 Å². The molecule has 0 saturated heterocycles. The molecular weight excluding hydrogens is 284 g/mol. The fraction of sp³-hybridized carbons (Fsp3) is 0.688. The maximum Gasteiger partial charge on any atom is 0.179 e. The van der Waals surface area contributed by atoms with Crippen LogP contribution in [0, 0.1) is 5.92 Å². The standard InChI is InChI=1S/C16H26N2O2S/c1-3-12-18(13-14-8-5-4-6-9-14)16-15(21(2,19)20)10-7-11-17-16/h7,10-11,14H,3-6,8-9,12-13H2,1-2H3. The maximum absolute atomic E-state index is 12.0. The third-order valence-electron chi connectivity index (χ3n) is 4.15. The molecular formula is C16H26N2O2S. The van der Waals surface area contributed by atoms with E-state index in [1.165, 1.54) is 38.4 Å². The first kappa shape index (κ1) is 16.3. The third kappa shape index (κ3) is 4.43. The van der Waals surface area contributed by atoms with Crippen molar-refractivity contribution in [3.05, 3.63) is 18.3 Å². The first-order chi connectivity index (χ1) is 10.0. The summed E-state index contributed by atoms with van der Waals surface area (Å²) in [4.78, 5) is 6.91. The zero-order valence-corrected chi connectivity index (χ0v) is 13.9. The van der Waals surface area contributed by atoms with E-state index in [2.05, 4.69) is 16.8 Å². The minimum atomic E-state index is -3.24. The largest absolute Gasteiger partial charge is 0.355 e. The van der Waals surface area contributed by atoms with Gasteiger partial charge < -0.3 is 4.90 Å². The number of anilines is 1. The highest BCUT2D eigenvalue weighted by atomic mass is 32.2. The Morgan fingerprint density at radius 3 is 2.62 bits per heavy atom.